The van der Waals surface area contributed by atoms with E-state index in [9.17, 15) is 18.8 Å². The number of benzene rings is 2. The van der Waals surface area contributed by atoms with Crippen molar-refractivity contribution in [1.82, 2.24) is 0 Å². The van der Waals surface area contributed by atoms with E-state index in [1.165, 1.54) is 18.2 Å². The first kappa shape index (κ1) is 21.7. The number of sulfone groups is 1. The monoisotopic (exact) mass is 397 g/mol. The fourth-order valence-corrected chi connectivity index (χ4v) is 4.11. The van der Waals surface area contributed by atoms with Crippen LogP contribution in [0.2, 0.25) is 0 Å². The Morgan fingerprint density at radius 2 is 1.43 bits per heavy atom. The molecule has 0 heterocycles. The van der Waals surface area contributed by atoms with E-state index in [4.69, 9.17) is 0 Å². The average Bonchev–Trinajstić information content (AvgIpc) is 2.59. The molecule has 0 atom stereocenters. The number of nitriles is 1. The van der Waals surface area contributed by atoms with Gasteiger partial charge in [-0.15, -0.1) is 0 Å². The Morgan fingerprint density at radius 3 is 1.82 bits per heavy atom. The number of allylic oxidation sites excluding steroid dienone is 1. The largest absolute Gasteiger partial charge is 0.507 e. The maximum atomic E-state index is 12.9. The highest BCUT2D eigenvalue weighted by molar-refractivity contribution is 7.95. The van der Waals surface area contributed by atoms with Gasteiger partial charge in [0.15, 0.2) is 0 Å². The Hall–Kier alpha value is -2.58. The van der Waals surface area contributed by atoms with Crippen LogP contribution in [0.5, 0.6) is 5.75 Å². The molecule has 0 aliphatic carbocycles. The minimum atomic E-state index is -3.92. The van der Waals surface area contributed by atoms with Gasteiger partial charge in [-0.05, 0) is 46.7 Å². The van der Waals surface area contributed by atoms with E-state index in [1.807, 2.05) is 47.6 Å². The minimum absolute atomic E-state index is 0.0775. The Labute approximate surface area is 168 Å². The topological polar surface area (TPSA) is 78.2 Å². The standard InChI is InChI=1S/C23H27NO3S/c1-22(2,3)19-13-16(14-20(21(19)25)23(4,5)6)12-18(15-24)28(26,27)17-10-8-7-9-11-17/h7-14,25H,1-6H3. The predicted molar refractivity (Wildman–Crippen MR) is 113 cm³/mol. The van der Waals surface area contributed by atoms with Gasteiger partial charge in [0.1, 0.15) is 16.7 Å². The van der Waals surface area contributed by atoms with Crippen LogP contribution in [0.15, 0.2) is 52.3 Å². The molecule has 2 aromatic rings. The van der Waals surface area contributed by atoms with Crippen molar-refractivity contribution in [2.24, 2.45) is 0 Å². The van der Waals surface area contributed by atoms with Crippen molar-refractivity contribution < 1.29 is 13.5 Å². The number of nitrogens with zero attached hydrogens (tertiary/aromatic N) is 1. The zero-order valence-corrected chi connectivity index (χ0v) is 18.1. The molecule has 0 aliphatic rings. The third-order valence-electron chi connectivity index (χ3n) is 4.50. The summed E-state index contributed by atoms with van der Waals surface area (Å²) in [5.74, 6) is 0.210. The van der Waals surface area contributed by atoms with Gasteiger partial charge < -0.3 is 5.11 Å². The van der Waals surface area contributed by atoms with Crippen LogP contribution in [0.3, 0.4) is 0 Å². The second-order valence-electron chi connectivity index (χ2n) is 8.90. The lowest BCUT2D eigenvalue weighted by Gasteiger charge is -2.28. The molecule has 2 rings (SSSR count). The molecule has 0 bridgehead atoms. The first-order valence-electron chi connectivity index (χ1n) is 9.08. The van der Waals surface area contributed by atoms with Gasteiger partial charge in [0.25, 0.3) is 0 Å². The SMILES string of the molecule is CC(C)(C)c1cc(C=C(C#N)S(=O)(=O)c2ccccc2)cc(C(C)(C)C)c1O. The third-order valence-corrected chi connectivity index (χ3v) is 6.18. The highest BCUT2D eigenvalue weighted by Crippen LogP contribution is 2.40. The van der Waals surface area contributed by atoms with Crippen LogP contribution in [0.1, 0.15) is 58.2 Å². The molecule has 0 aromatic heterocycles. The second kappa shape index (κ2) is 7.44. The molecule has 0 unspecified atom stereocenters. The summed E-state index contributed by atoms with van der Waals surface area (Å²) in [6.07, 6.45) is 1.38. The van der Waals surface area contributed by atoms with Gasteiger partial charge in [0, 0.05) is 11.1 Å². The van der Waals surface area contributed by atoms with Crippen LogP contribution < -0.4 is 0 Å². The normalized spacial score (nSPS) is 13.2. The Morgan fingerprint density at radius 1 is 0.964 bits per heavy atom. The molecule has 0 saturated heterocycles. The fraction of sp³-hybridized carbons (Fsp3) is 0.348. The van der Waals surface area contributed by atoms with Crippen molar-refractivity contribution in [2.45, 2.75) is 57.3 Å². The molecule has 148 valence electrons. The minimum Gasteiger partial charge on any atom is -0.507 e. The van der Waals surface area contributed by atoms with Crippen molar-refractivity contribution in [1.29, 1.82) is 5.26 Å². The van der Waals surface area contributed by atoms with Gasteiger partial charge >= 0.3 is 0 Å². The number of hydrogen-bond acceptors (Lipinski definition) is 4. The quantitative estimate of drug-likeness (QED) is 0.711. The van der Waals surface area contributed by atoms with E-state index in [0.717, 1.165) is 0 Å². The zero-order chi connectivity index (χ0) is 21.3. The van der Waals surface area contributed by atoms with Crippen molar-refractivity contribution in [3.05, 3.63) is 64.1 Å². The molecule has 5 heteroatoms. The summed E-state index contributed by atoms with van der Waals surface area (Å²) in [5.41, 5.74) is 1.29. The van der Waals surface area contributed by atoms with E-state index < -0.39 is 9.84 Å². The van der Waals surface area contributed by atoms with Gasteiger partial charge in [-0.2, -0.15) is 5.26 Å². The number of hydrogen-bond donors (Lipinski definition) is 1. The summed E-state index contributed by atoms with van der Waals surface area (Å²) >= 11 is 0. The summed E-state index contributed by atoms with van der Waals surface area (Å²) in [4.78, 5) is -0.252. The summed E-state index contributed by atoms with van der Waals surface area (Å²) in [7, 11) is -3.92. The highest BCUT2D eigenvalue weighted by atomic mass is 32.2. The van der Waals surface area contributed by atoms with E-state index in [1.54, 1.807) is 30.3 Å². The number of phenols is 1. The zero-order valence-electron chi connectivity index (χ0n) is 17.2. The van der Waals surface area contributed by atoms with Crippen LogP contribution in [0.25, 0.3) is 6.08 Å². The lowest BCUT2D eigenvalue weighted by molar-refractivity contribution is 0.423. The molecule has 2 aromatic carbocycles. The number of phenolic OH excluding ortho intramolecular Hbond substituents is 1. The Bertz CT molecular complexity index is 1010. The number of aromatic hydroxyl groups is 1. The van der Waals surface area contributed by atoms with Crippen LogP contribution in [0, 0.1) is 11.3 Å². The summed E-state index contributed by atoms with van der Waals surface area (Å²) < 4.78 is 25.7. The van der Waals surface area contributed by atoms with Gasteiger partial charge in [0.05, 0.1) is 4.90 Å². The van der Waals surface area contributed by atoms with Crippen molar-refractivity contribution in [2.75, 3.05) is 0 Å². The molecule has 1 N–H and O–H groups in total. The maximum Gasteiger partial charge on any atom is 0.216 e. The highest BCUT2D eigenvalue weighted by Gasteiger charge is 2.27. The van der Waals surface area contributed by atoms with Crippen LogP contribution in [-0.4, -0.2) is 13.5 Å². The fourth-order valence-electron chi connectivity index (χ4n) is 2.93. The summed E-state index contributed by atoms with van der Waals surface area (Å²) in [6.45, 7) is 11.9. The molecule has 28 heavy (non-hydrogen) atoms. The third kappa shape index (κ3) is 4.45. The first-order chi connectivity index (χ1) is 12.8. The van der Waals surface area contributed by atoms with Gasteiger partial charge in [0.2, 0.25) is 9.84 Å². The van der Waals surface area contributed by atoms with Crippen LogP contribution in [-0.2, 0) is 20.7 Å². The molecule has 0 fully saturated rings. The summed E-state index contributed by atoms with van der Waals surface area (Å²) in [6, 6.07) is 13.2. The van der Waals surface area contributed by atoms with Gasteiger partial charge in [-0.1, -0.05) is 59.7 Å². The Kier molecular flexibility index (Phi) is 5.77. The molecule has 4 nitrogen and oxygen atoms in total. The molecule has 0 amide bonds. The Balaban J connectivity index is 2.75. The average molecular weight is 398 g/mol. The number of rotatable bonds is 3. The second-order valence-corrected chi connectivity index (χ2v) is 10.8. The summed E-state index contributed by atoms with van der Waals surface area (Å²) in [5, 5.41) is 20.4. The lowest BCUT2D eigenvalue weighted by Crippen LogP contribution is -2.17. The predicted octanol–water partition coefficient (Wildman–Crippen LogP) is 5.33. The molecule has 0 spiro atoms. The lowest BCUT2D eigenvalue weighted by atomic mass is 9.78. The molecule has 0 aliphatic heterocycles. The van der Waals surface area contributed by atoms with Crippen molar-refractivity contribution in [3.63, 3.8) is 0 Å². The van der Waals surface area contributed by atoms with E-state index in [-0.39, 0.29) is 26.4 Å². The van der Waals surface area contributed by atoms with E-state index in [2.05, 4.69) is 0 Å². The van der Waals surface area contributed by atoms with Crippen LogP contribution in [0.4, 0.5) is 0 Å². The molecular formula is C23H27NO3S. The first-order valence-corrected chi connectivity index (χ1v) is 10.6. The van der Waals surface area contributed by atoms with E-state index in [0.29, 0.717) is 16.7 Å². The van der Waals surface area contributed by atoms with Crippen molar-refractivity contribution in [3.8, 4) is 11.8 Å². The molecule has 0 radical (unpaired) electrons. The maximum absolute atomic E-state index is 12.9. The van der Waals surface area contributed by atoms with Crippen LogP contribution >= 0.6 is 0 Å². The molecular weight excluding hydrogens is 370 g/mol. The van der Waals surface area contributed by atoms with Crippen molar-refractivity contribution >= 4 is 15.9 Å². The van der Waals surface area contributed by atoms with Gasteiger partial charge in [-0.3, -0.25) is 0 Å². The van der Waals surface area contributed by atoms with Gasteiger partial charge in [-0.25, -0.2) is 8.42 Å². The smallest absolute Gasteiger partial charge is 0.216 e. The van der Waals surface area contributed by atoms with E-state index >= 15 is 0 Å². The molecule has 0 saturated carbocycles.